The molecule has 138 valence electrons. The molecule has 0 radical (unpaired) electrons. The van der Waals surface area contributed by atoms with E-state index < -0.39 is 11.5 Å². The van der Waals surface area contributed by atoms with Gasteiger partial charge in [0.2, 0.25) is 5.88 Å². The number of benzene rings is 1. The molecule has 0 amide bonds. The van der Waals surface area contributed by atoms with Crippen LogP contribution in [0.3, 0.4) is 0 Å². The van der Waals surface area contributed by atoms with E-state index in [1.54, 1.807) is 31.2 Å². The number of aromatic hydroxyl groups is 1. The number of carbonyl (C=O) groups is 1. The Hall–Kier alpha value is -2.74. The van der Waals surface area contributed by atoms with Crippen LogP contribution in [-0.2, 0) is 4.74 Å². The quantitative estimate of drug-likeness (QED) is 0.457. The molecule has 1 unspecified atom stereocenters. The molecule has 1 aromatic carbocycles. The zero-order valence-corrected chi connectivity index (χ0v) is 15.7. The molecule has 8 heteroatoms. The third-order valence-electron chi connectivity index (χ3n) is 3.91. The summed E-state index contributed by atoms with van der Waals surface area (Å²) in [5, 5.41) is 10.4. The zero-order chi connectivity index (χ0) is 19.3. The smallest absolute Gasteiger partial charge is 0.338 e. The largest absolute Gasteiger partial charge is 0.494 e. The molecule has 0 aliphatic heterocycles. The molecule has 7 nitrogen and oxygen atoms in total. The van der Waals surface area contributed by atoms with Crippen LogP contribution in [0.25, 0.3) is 0 Å². The highest BCUT2D eigenvalue weighted by atomic mass is 32.1. The number of nitrogens with zero attached hydrogens (tertiary/aromatic N) is 2. The number of hydrogen-bond donors (Lipinski definition) is 2. The average molecular weight is 375 g/mol. The molecule has 26 heavy (non-hydrogen) atoms. The van der Waals surface area contributed by atoms with Gasteiger partial charge in [-0.25, -0.2) is 4.79 Å². The van der Waals surface area contributed by atoms with Gasteiger partial charge < -0.3 is 9.84 Å². The summed E-state index contributed by atoms with van der Waals surface area (Å²) in [5.74, 6) is -0.632. The molecule has 1 atom stereocenters. The van der Waals surface area contributed by atoms with E-state index in [0.29, 0.717) is 17.9 Å². The molecule has 2 rings (SSSR count). The minimum Gasteiger partial charge on any atom is -0.494 e. The van der Waals surface area contributed by atoms with Crippen LogP contribution >= 0.6 is 12.2 Å². The van der Waals surface area contributed by atoms with Gasteiger partial charge in [0.1, 0.15) is 5.56 Å². The lowest BCUT2D eigenvalue weighted by Crippen LogP contribution is -2.20. The van der Waals surface area contributed by atoms with Crippen LogP contribution in [0.4, 0.5) is 5.69 Å². The van der Waals surface area contributed by atoms with Crippen molar-refractivity contribution in [2.45, 2.75) is 33.2 Å². The van der Waals surface area contributed by atoms with E-state index in [1.807, 2.05) is 13.8 Å². The number of aliphatic imine (C=N–C) groups is 1. The summed E-state index contributed by atoms with van der Waals surface area (Å²) in [6.07, 6.45) is 2.01. The summed E-state index contributed by atoms with van der Waals surface area (Å²) < 4.78 is 6.57. The molecule has 1 heterocycles. The topological polar surface area (TPSA) is 96.7 Å². The predicted octanol–water partition coefficient (Wildman–Crippen LogP) is 3.51. The van der Waals surface area contributed by atoms with Crippen molar-refractivity contribution < 1.29 is 14.6 Å². The zero-order valence-electron chi connectivity index (χ0n) is 14.9. The molecule has 0 aliphatic rings. The molecule has 0 aliphatic carbocycles. The molecule has 0 fully saturated rings. The van der Waals surface area contributed by atoms with Gasteiger partial charge in [0.25, 0.3) is 5.56 Å². The minimum atomic E-state index is -0.515. The number of aromatic nitrogens is 2. The highest BCUT2D eigenvalue weighted by molar-refractivity contribution is 7.71. The number of carbonyl (C=O) groups excluding carboxylic acids is 1. The van der Waals surface area contributed by atoms with E-state index in [-0.39, 0.29) is 22.3 Å². The van der Waals surface area contributed by atoms with Crippen LogP contribution in [-0.4, -0.2) is 33.4 Å². The first-order valence-electron chi connectivity index (χ1n) is 8.28. The Morgan fingerprint density at radius 2 is 2.04 bits per heavy atom. The van der Waals surface area contributed by atoms with E-state index >= 15 is 0 Å². The van der Waals surface area contributed by atoms with Gasteiger partial charge in [-0.05, 0) is 56.8 Å². The lowest BCUT2D eigenvalue weighted by molar-refractivity contribution is 0.0526. The fraction of sp³-hybridized carbons (Fsp3) is 0.333. The molecule has 2 aromatic rings. The second kappa shape index (κ2) is 8.57. The maximum atomic E-state index is 12.1. The highest BCUT2D eigenvalue weighted by Crippen LogP contribution is 2.21. The van der Waals surface area contributed by atoms with Crippen molar-refractivity contribution in [2.75, 3.05) is 6.61 Å². The van der Waals surface area contributed by atoms with Crippen LogP contribution in [0.15, 0.2) is 34.1 Å². The van der Waals surface area contributed by atoms with Gasteiger partial charge in [0.15, 0.2) is 4.77 Å². The van der Waals surface area contributed by atoms with Crippen molar-refractivity contribution in [3.05, 3.63) is 50.5 Å². The van der Waals surface area contributed by atoms with Crippen LogP contribution in [0, 0.1) is 4.77 Å². The minimum absolute atomic E-state index is 0.0216. The van der Waals surface area contributed by atoms with Crippen LogP contribution < -0.4 is 5.56 Å². The van der Waals surface area contributed by atoms with Gasteiger partial charge in [-0.2, -0.15) is 0 Å². The Bertz CT molecular complexity index is 929. The molecule has 0 saturated heterocycles. The first-order valence-corrected chi connectivity index (χ1v) is 8.68. The van der Waals surface area contributed by atoms with Gasteiger partial charge in [-0.15, -0.1) is 0 Å². The summed E-state index contributed by atoms with van der Waals surface area (Å²) in [7, 11) is 0. The second-order valence-electron chi connectivity index (χ2n) is 5.65. The first-order chi connectivity index (χ1) is 12.4. The lowest BCUT2D eigenvalue weighted by atomic mass is 10.2. The summed E-state index contributed by atoms with van der Waals surface area (Å²) in [6, 6.07) is 6.34. The van der Waals surface area contributed by atoms with Crippen molar-refractivity contribution in [1.82, 2.24) is 9.55 Å². The third-order valence-corrected chi connectivity index (χ3v) is 4.20. The summed E-state index contributed by atoms with van der Waals surface area (Å²) in [4.78, 5) is 30.5. The number of H-pyrrole nitrogens is 1. The van der Waals surface area contributed by atoms with Gasteiger partial charge in [0, 0.05) is 12.3 Å². The van der Waals surface area contributed by atoms with Gasteiger partial charge >= 0.3 is 5.97 Å². The van der Waals surface area contributed by atoms with Gasteiger partial charge in [-0.1, -0.05) is 6.92 Å². The highest BCUT2D eigenvalue weighted by Gasteiger charge is 2.14. The molecular weight excluding hydrogens is 354 g/mol. The molecular formula is C18H21N3O4S. The molecule has 0 bridgehead atoms. The molecule has 1 aromatic heterocycles. The van der Waals surface area contributed by atoms with Crippen LogP contribution in [0.5, 0.6) is 5.88 Å². The van der Waals surface area contributed by atoms with Gasteiger partial charge in [-0.3, -0.25) is 19.3 Å². The van der Waals surface area contributed by atoms with Crippen molar-refractivity contribution in [3.8, 4) is 5.88 Å². The monoisotopic (exact) mass is 375 g/mol. The summed E-state index contributed by atoms with van der Waals surface area (Å²) in [5.41, 5.74) is 0.443. The number of ether oxygens (including phenoxy) is 1. The average Bonchev–Trinajstić information content (AvgIpc) is 2.61. The number of nitrogens with one attached hydrogen (secondary N) is 1. The molecule has 0 spiro atoms. The Balaban J connectivity index is 2.35. The lowest BCUT2D eigenvalue weighted by Gasteiger charge is -2.16. The predicted molar refractivity (Wildman–Crippen MR) is 102 cm³/mol. The van der Waals surface area contributed by atoms with Crippen molar-refractivity contribution in [3.63, 3.8) is 0 Å². The number of hydrogen-bond acceptors (Lipinski definition) is 6. The van der Waals surface area contributed by atoms with E-state index in [4.69, 9.17) is 17.0 Å². The Morgan fingerprint density at radius 3 is 2.62 bits per heavy atom. The van der Waals surface area contributed by atoms with E-state index in [9.17, 15) is 14.7 Å². The Kier molecular flexibility index (Phi) is 6.46. The summed E-state index contributed by atoms with van der Waals surface area (Å²) >= 11 is 5.13. The normalized spacial score (nSPS) is 12.3. The fourth-order valence-corrected chi connectivity index (χ4v) is 2.66. The third kappa shape index (κ3) is 4.26. The van der Waals surface area contributed by atoms with Crippen molar-refractivity contribution in [2.24, 2.45) is 4.99 Å². The summed E-state index contributed by atoms with van der Waals surface area (Å²) in [6.45, 7) is 5.88. The van der Waals surface area contributed by atoms with Crippen LogP contribution in [0.2, 0.25) is 0 Å². The Labute approximate surface area is 156 Å². The number of rotatable bonds is 6. The number of esters is 1. The Morgan fingerprint density at radius 1 is 1.38 bits per heavy atom. The van der Waals surface area contributed by atoms with E-state index in [2.05, 4.69) is 9.98 Å². The second-order valence-corrected chi connectivity index (χ2v) is 6.04. The van der Waals surface area contributed by atoms with Crippen LogP contribution in [0.1, 0.15) is 49.2 Å². The maximum absolute atomic E-state index is 12.1. The molecule has 2 N–H and O–H groups in total. The molecule has 0 saturated carbocycles. The van der Waals surface area contributed by atoms with Gasteiger partial charge in [0.05, 0.1) is 17.9 Å². The maximum Gasteiger partial charge on any atom is 0.338 e. The van der Waals surface area contributed by atoms with Crippen molar-refractivity contribution >= 4 is 30.1 Å². The van der Waals surface area contributed by atoms with E-state index in [1.165, 1.54) is 10.8 Å². The van der Waals surface area contributed by atoms with E-state index in [0.717, 1.165) is 6.42 Å². The number of aromatic amines is 1. The standard InChI is InChI=1S/C18H21N3O4S/c1-4-11(3)21-16(23)14(15(22)20-18(21)26)10-19-13-8-6-12(7-9-13)17(24)25-5-2/h6-11,23H,4-5H2,1-3H3,(H,20,22,26). The first kappa shape index (κ1) is 19.6. The fourth-order valence-electron chi connectivity index (χ4n) is 2.30. The van der Waals surface area contributed by atoms with Crippen molar-refractivity contribution in [1.29, 1.82) is 0 Å². The SMILES string of the molecule is CCOC(=O)c1ccc(N=Cc2c(O)n(C(C)CC)c(=S)[nH]c2=O)cc1.